The van der Waals surface area contributed by atoms with Gasteiger partial charge in [-0.1, -0.05) is 13.8 Å². The molecule has 0 aliphatic heterocycles. The Labute approximate surface area is 151 Å². The minimum absolute atomic E-state index is 0.0860. The fourth-order valence-corrected chi connectivity index (χ4v) is 1.95. The smallest absolute Gasteiger partial charge is 0.328 e. The monoisotopic (exact) mass is 378 g/mol. The molecule has 0 bridgehead atoms. The van der Waals surface area contributed by atoms with E-state index in [1.807, 2.05) is 19.2 Å². The van der Waals surface area contributed by atoms with E-state index < -0.39 is 55.0 Å². The van der Waals surface area contributed by atoms with E-state index >= 15 is 0 Å². The third-order valence-electron chi connectivity index (χ3n) is 3.11. The first-order chi connectivity index (χ1) is 11.6. The molecule has 0 aromatic heterocycles. The second-order valence-electron chi connectivity index (χ2n) is 5.84. The van der Waals surface area contributed by atoms with Gasteiger partial charge in [-0.3, -0.25) is 14.4 Å². The molecule has 0 rings (SSSR count). The highest BCUT2D eigenvalue weighted by molar-refractivity contribution is 7.80. The maximum atomic E-state index is 12.2. The predicted molar refractivity (Wildman–Crippen MR) is 92.9 cm³/mol. The molecule has 0 aliphatic rings. The summed E-state index contributed by atoms with van der Waals surface area (Å²) in [5.74, 6) is -3.11. The molecule has 0 spiro atoms. The van der Waals surface area contributed by atoms with Crippen molar-refractivity contribution in [3.63, 3.8) is 0 Å². The molecule has 3 unspecified atom stereocenters. The van der Waals surface area contributed by atoms with Gasteiger partial charge in [0, 0.05) is 5.75 Å². The van der Waals surface area contributed by atoms with E-state index in [2.05, 4.69) is 23.3 Å². The number of aliphatic carboxylic acids is 1. The second kappa shape index (κ2) is 11.7. The van der Waals surface area contributed by atoms with Crippen LogP contribution in [-0.2, 0) is 19.2 Å². The molecule has 0 fully saturated rings. The van der Waals surface area contributed by atoms with E-state index in [1.54, 1.807) is 0 Å². The van der Waals surface area contributed by atoms with E-state index in [4.69, 9.17) is 15.9 Å². The van der Waals surface area contributed by atoms with Gasteiger partial charge >= 0.3 is 5.97 Å². The number of carboxylic acids is 1. The highest BCUT2D eigenvalue weighted by Gasteiger charge is 2.25. The lowest BCUT2D eigenvalue weighted by Crippen LogP contribution is -2.54. The first-order valence-electron chi connectivity index (χ1n) is 7.69. The van der Waals surface area contributed by atoms with Gasteiger partial charge < -0.3 is 31.9 Å². The Balaban J connectivity index is 4.68. The number of hydrogen-bond donors (Lipinski definition) is 7. The van der Waals surface area contributed by atoms with Crippen molar-refractivity contribution < 1.29 is 29.4 Å². The van der Waals surface area contributed by atoms with Gasteiger partial charge in [0.05, 0.1) is 19.2 Å². The zero-order valence-electron chi connectivity index (χ0n) is 14.2. The van der Waals surface area contributed by atoms with Crippen molar-refractivity contribution in [1.82, 2.24) is 16.0 Å². The topological polar surface area (TPSA) is 171 Å². The molecule has 25 heavy (non-hydrogen) atoms. The van der Waals surface area contributed by atoms with Crippen molar-refractivity contribution in [2.24, 2.45) is 11.7 Å². The molecule has 3 atom stereocenters. The van der Waals surface area contributed by atoms with Crippen LogP contribution in [0.4, 0.5) is 0 Å². The number of carboxylic acid groups (broad SMARTS) is 1. The zero-order chi connectivity index (χ0) is 19.6. The van der Waals surface area contributed by atoms with Crippen molar-refractivity contribution in [2.45, 2.75) is 38.4 Å². The number of thiol groups is 1. The van der Waals surface area contributed by atoms with Gasteiger partial charge in [0.15, 0.2) is 0 Å². The molecule has 3 amide bonds. The lowest BCUT2D eigenvalue weighted by molar-refractivity contribution is -0.142. The van der Waals surface area contributed by atoms with Crippen LogP contribution >= 0.6 is 12.6 Å². The SMILES string of the molecule is CC(C)CC(NC(=O)C(N)CS)C(=O)NCC(=O)NC(CO)C(=O)O. The summed E-state index contributed by atoms with van der Waals surface area (Å²) >= 11 is 3.92. The molecule has 0 heterocycles. The van der Waals surface area contributed by atoms with Gasteiger partial charge in [-0.15, -0.1) is 0 Å². The first-order valence-corrected chi connectivity index (χ1v) is 8.33. The third-order valence-corrected chi connectivity index (χ3v) is 3.51. The molecule has 0 saturated carbocycles. The Morgan fingerprint density at radius 1 is 1.08 bits per heavy atom. The Kier molecular flexibility index (Phi) is 10.8. The maximum Gasteiger partial charge on any atom is 0.328 e. The first kappa shape index (κ1) is 23.1. The molecule has 10 nitrogen and oxygen atoms in total. The Hall–Kier alpha value is -1.85. The van der Waals surface area contributed by atoms with Gasteiger partial charge in [0.25, 0.3) is 0 Å². The summed E-state index contributed by atoms with van der Waals surface area (Å²) in [6, 6.07) is -3.21. The summed E-state index contributed by atoms with van der Waals surface area (Å²) in [4.78, 5) is 46.4. The molecular formula is C14H26N4O6S. The summed E-state index contributed by atoms with van der Waals surface area (Å²) in [7, 11) is 0. The van der Waals surface area contributed by atoms with Crippen LogP contribution in [0.3, 0.4) is 0 Å². The lowest BCUT2D eigenvalue weighted by atomic mass is 10.0. The second-order valence-corrected chi connectivity index (χ2v) is 6.20. The van der Waals surface area contributed by atoms with E-state index in [-0.39, 0.29) is 11.7 Å². The van der Waals surface area contributed by atoms with Gasteiger partial charge in [0.2, 0.25) is 17.7 Å². The van der Waals surface area contributed by atoms with Crippen molar-refractivity contribution in [3.05, 3.63) is 0 Å². The number of aliphatic hydroxyl groups excluding tert-OH is 1. The largest absolute Gasteiger partial charge is 0.480 e. The van der Waals surface area contributed by atoms with Gasteiger partial charge in [0.1, 0.15) is 12.1 Å². The average Bonchev–Trinajstić information content (AvgIpc) is 2.55. The third kappa shape index (κ3) is 9.27. The Morgan fingerprint density at radius 2 is 1.68 bits per heavy atom. The molecule has 0 aromatic rings. The van der Waals surface area contributed by atoms with Crippen LogP contribution < -0.4 is 21.7 Å². The number of rotatable bonds is 11. The average molecular weight is 378 g/mol. The Morgan fingerprint density at radius 3 is 2.12 bits per heavy atom. The van der Waals surface area contributed by atoms with E-state index in [9.17, 15) is 19.2 Å². The number of nitrogens with two attached hydrogens (primary N) is 1. The summed E-state index contributed by atoms with van der Waals surface area (Å²) in [6.45, 7) is 2.45. The van der Waals surface area contributed by atoms with Crippen LogP contribution in [-0.4, -0.2) is 70.9 Å². The normalized spacial score (nSPS) is 14.3. The van der Waals surface area contributed by atoms with Crippen LogP contribution in [0.1, 0.15) is 20.3 Å². The van der Waals surface area contributed by atoms with Crippen molar-refractivity contribution in [3.8, 4) is 0 Å². The Bertz CT molecular complexity index is 488. The maximum absolute atomic E-state index is 12.2. The molecule has 0 radical (unpaired) electrons. The molecular weight excluding hydrogens is 352 g/mol. The molecule has 0 aromatic carbocycles. The number of carbonyl (C=O) groups excluding carboxylic acids is 3. The fraction of sp³-hybridized carbons (Fsp3) is 0.714. The number of carbonyl (C=O) groups is 4. The number of amides is 3. The van der Waals surface area contributed by atoms with Crippen LogP contribution in [0, 0.1) is 5.92 Å². The molecule has 0 saturated heterocycles. The summed E-state index contributed by atoms with van der Waals surface area (Å²) in [5.41, 5.74) is 5.55. The van der Waals surface area contributed by atoms with Crippen LogP contribution in [0.15, 0.2) is 0 Å². The van der Waals surface area contributed by atoms with Gasteiger partial charge in [-0.2, -0.15) is 12.6 Å². The van der Waals surface area contributed by atoms with E-state index in [1.165, 1.54) is 0 Å². The minimum atomic E-state index is -1.45. The highest BCUT2D eigenvalue weighted by atomic mass is 32.1. The van der Waals surface area contributed by atoms with E-state index in [0.29, 0.717) is 6.42 Å². The van der Waals surface area contributed by atoms with E-state index in [0.717, 1.165) is 0 Å². The summed E-state index contributed by atoms with van der Waals surface area (Å²) in [5, 5.41) is 24.4. The van der Waals surface area contributed by atoms with Crippen LogP contribution in [0.2, 0.25) is 0 Å². The summed E-state index contributed by atoms with van der Waals surface area (Å²) in [6.07, 6.45) is 0.326. The van der Waals surface area contributed by atoms with Crippen LogP contribution in [0.5, 0.6) is 0 Å². The number of hydrogen-bond acceptors (Lipinski definition) is 7. The van der Waals surface area contributed by atoms with Crippen molar-refractivity contribution in [1.29, 1.82) is 0 Å². The van der Waals surface area contributed by atoms with Crippen molar-refractivity contribution in [2.75, 3.05) is 18.9 Å². The highest BCUT2D eigenvalue weighted by Crippen LogP contribution is 2.05. The van der Waals surface area contributed by atoms with Gasteiger partial charge in [-0.05, 0) is 12.3 Å². The molecule has 11 heteroatoms. The standard InChI is InChI=1S/C14H26N4O6S/c1-7(2)3-9(18-12(21)8(15)6-25)13(22)16-4-11(20)17-10(5-19)14(23)24/h7-10,19,25H,3-6,15H2,1-2H3,(H,16,22)(H,17,20)(H,18,21)(H,23,24). The zero-order valence-corrected chi connectivity index (χ0v) is 15.1. The van der Waals surface area contributed by atoms with Crippen LogP contribution in [0.25, 0.3) is 0 Å². The predicted octanol–water partition coefficient (Wildman–Crippen LogP) is -2.55. The molecule has 0 aliphatic carbocycles. The molecule has 144 valence electrons. The number of aliphatic hydroxyl groups is 1. The fourth-order valence-electron chi connectivity index (χ4n) is 1.79. The van der Waals surface area contributed by atoms with Gasteiger partial charge in [-0.25, -0.2) is 4.79 Å². The van der Waals surface area contributed by atoms with Crippen molar-refractivity contribution >= 4 is 36.3 Å². The quantitative estimate of drug-likeness (QED) is 0.194. The number of nitrogens with one attached hydrogen (secondary N) is 3. The summed E-state index contributed by atoms with van der Waals surface area (Å²) < 4.78 is 0. The lowest BCUT2D eigenvalue weighted by Gasteiger charge is -2.21. The molecule has 7 N–H and O–H groups in total. The minimum Gasteiger partial charge on any atom is -0.480 e.